The highest BCUT2D eigenvalue weighted by Crippen LogP contribution is 2.17. The summed E-state index contributed by atoms with van der Waals surface area (Å²) in [6.07, 6.45) is 0.951. The number of fused-ring (bicyclic) bond motifs is 1. The highest BCUT2D eigenvalue weighted by atomic mass is 16.5. The lowest BCUT2D eigenvalue weighted by Gasteiger charge is -2.01. The van der Waals surface area contributed by atoms with E-state index in [2.05, 4.69) is 10.3 Å². The van der Waals surface area contributed by atoms with Crippen LogP contribution in [0.5, 0.6) is 0 Å². The molecule has 0 spiro atoms. The number of nitrogens with zero attached hydrogens (tertiary/aromatic N) is 1. The van der Waals surface area contributed by atoms with Crippen molar-refractivity contribution < 1.29 is 9.15 Å². The summed E-state index contributed by atoms with van der Waals surface area (Å²) >= 11 is 0. The van der Waals surface area contributed by atoms with Gasteiger partial charge in [-0.2, -0.15) is 4.98 Å². The zero-order valence-electron chi connectivity index (χ0n) is 9.40. The number of aromatic nitrogens is 1. The van der Waals surface area contributed by atoms with Gasteiger partial charge in [0.1, 0.15) is 5.52 Å². The summed E-state index contributed by atoms with van der Waals surface area (Å²) in [6.45, 7) is 4.34. The largest absolute Gasteiger partial charge is 0.424 e. The van der Waals surface area contributed by atoms with Gasteiger partial charge in [0.05, 0.1) is 0 Å². The van der Waals surface area contributed by atoms with Crippen LogP contribution in [0.4, 0.5) is 6.01 Å². The third-order valence-electron chi connectivity index (χ3n) is 2.24. The molecule has 1 aromatic heterocycles. The van der Waals surface area contributed by atoms with Crippen LogP contribution in [0.3, 0.4) is 0 Å². The van der Waals surface area contributed by atoms with E-state index < -0.39 is 0 Å². The second kappa shape index (κ2) is 5.51. The molecule has 1 N–H and O–H groups in total. The third-order valence-corrected chi connectivity index (χ3v) is 2.24. The number of benzene rings is 1. The Morgan fingerprint density at radius 1 is 1.38 bits per heavy atom. The smallest absolute Gasteiger partial charge is 0.295 e. The fraction of sp³-hybridized carbons (Fsp3) is 0.417. The van der Waals surface area contributed by atoms with Crippen LogP contribution in [-0.4, -0.2) is 24.7 Å². The molecule has 0 aliphatic heterocycles. The van der Waals surface area contributed by atoms with Gasteiger partial charge in [0.2, 0.25) is 0 Å². The summed E-state index contributed by atoms with van der Waals surface area (Å²) < 4.78 is 10.8. The van der Waals surface area contributed by atoms with Crippen molar-refractivity contribution in [3.05, 3.63) is 24.3 Å². The molecule has 1 heterocycles. The van der Waals surface area contributed by atoms with Crippen molar-refractivity contribution >= 4 is 17.1 Å². The molecule has 0 fully saturated rings. The van der Waals surface area contributed by atoms with E-state index in [-0.39, 0.29) is 0 Å². The van der Waals surface area contributed by atoms with Crippen molar-refractivity contribution in [1.82, 2.24) is 4.98 Å². The average Bonchev–Trinajstić information content (AvgIpc) is 2.71. The monoisotopic (exact) mass is 220 g/mol. The highest BCUT2D eigenvalue weighted by molar-refractivity contribution is 5.74. The van der Waals surface area contributed by atoms with Gasteiger partial charge in [-0.3, -0.25) is 0 Å². The molecule has 2 rings (SSSR count). The van der Waals surface area contributed by atoms with Gasteiger partial charge in [-0.1, -0.05) is 12.1 Å². The molecule has 0 radical (unpaired) electrons. The molecule has 0 atom stereocenters. The predicted octanol–water partition coefficient (Wildman–Crippen LogP) is 2.67. The summed E-state index contributed by atoms with van der Waals surface area (Å²) in [5.41, 5.74) is 1.70. The quantitative estimate of drug-likeness (QED) is 0.760. The summed E-state index contributed by atoms with van der Waals surface area (Å²) in [6, 6.07) is 8.31. The zero-order valence-corrected chi connectivity index (χ0v) is 9.40. The number of rotatable bonds is 6. The molecule has 86 valence electrons. The molecule has 0 saturated carbocycles. The summed E-state index contributed by atoms with van der Waals surface area (Å²) in [4.78, 5) is 4.31. The number of nitrogens with one attached hydrogen (secondary N) is 1. The van der Waals surface area contributed by atoms with Crippen LogP contribution in [-0.2, 0) is 4.74 Å². The van der Waals surface area contributed by atoms with Gasteiger partial charge in [0.15, 0.2) is 5.58 Å². The SMILES string of the molecule is CCOCCCNc1nc2ccccc2o1. The average molecular weight is 220 g/mol. The molecule has 0 aliphatic rings. The fourth-order valence-electron chi connectivity index (χ4n) is 1.46. The van der Waals surface area contributed by atoms with Crippen molar-refractivity contribution in [2.75, 3.05) is 25.1 Å². The van der Waals surface area contributed by atoms with Crippen LogP contribution in [0, 0.1) is 0 Å². The lowest BCUT2D eigenvalue weighted by Crippen LogP contribution is -2.05. The van der Waals surface area contributed by atoms with Gasteiger partial charge in [0.25, 0.3) is 6.01 Å². The van der Waals surface area contributed by atoms with E-state index in [1.165, 1.54) is 0 Å². The first kappa shape index (κ1) is 11.0. The zero-order chi connectivity index (χ0) is 11.2. The molecular formula is C12H16N2O2. The minimum absolute atomic E-state index is 0.581. The lowest BCUT2D eigenvalue weighted by molar-refractivity contribution is 0.147. The lowest BCUT2D eigenvalue weighted by atomic mass is 10.3. The van der Waals surface area contributed by atoms with Crippen LogP contribution >= 0.6 is 0 Å². The van der Waals surface area contributed by atoms with E-state index >= 15 is 0 Å². The Hall–Kier alpha value is -1.55. The minimum Gasteiger partial charge on any atom is -0.424 e. The Bertz CT molecular complexity index is 406. The van der Waals surface area contributed by atoms with E-state index in [1.54, 1.807) is 0 Å². The predicted molar refractivity (Wildman–Crippen MR) is 63.6 cm³/mol. The fourth-order valence-corrected chi connectivity index (χ4v) is 1.46. The van der Waals surface area contributed by atoms with E-state index in [0.717, 1.165) is 37.3 Å². The van der Waals surface area contributed by atoms with Crippen LogP contribution in [0.2, 0.25) is 0 Å². The molecule has 0 aliphatic carbocycles. The number of anilines is 1. The molecule has 1 aromatic carbocycles. The maximum Gasteiger partial charge on any atom is 0.295 e. The third kappa shape index (κ3) is 2.73. The molecule has 0 saturated heterocycles. The van der Waals surface area contributed by atoms with Crippen molar-refractivity contribution in [2.24, 2.45) is 0 Å². The van der Waals surface area contributed by atoms with Gasteiger partial charge < -0.3 is 14.5 Å². The number of oxazole rings is 1. The second-order valence-electron chi connectivity index (χ2n) is 3.46. The van der Waals surface area contributed by atoms with Crippen LogP contribution in [0.15, 0.2) is 28.7 Å². The Balaban J connectivity index is 1.85. The standard InChI is InChI=1S/C12H16N2O2/c1-2-15-9-5-8-13-12-14-10-6-3-4-7-11(10)16-12/h3-4,6-7H,2,5,8-9H2,1H3,(H,13,14). The molecule has 0 amide bonds. The minimum atomic E-state index is 0.581. The summed E-state index contributed by atoms with van der Waals surface area (Å²) in [5, 5.41) is 3.14. The van der Waals surface area contributed by atoms with Crippen molar-refractivity contribution in [3.8, 4) is 0 Å². The molecule has 2 aromatic rings. The van der Waals surface area contributed by atoms with Gasteiger partial charge in [0, 0.05) is 19.8 Å². The maximum atomic E-state index is 5.51. The Kier molecular flexibility index (Phi) is 3.77. The van der Waals surface area contributed by atoms with Crippen LogP contribution in [0.25, 0.3) is 11.1 Å². The van der Waals surface area contributed by atoms with E-state index in [4.69, 9.17) is 9.15 Å². The first-order valence-corrected chi connectivity index (χ1v) is 5.57. The maximum absolute atomic E-state index is 5.51. The van der Waals surface area contributed by atoms with Crippen molar-refractivity contribution in [2.45, 2.75) is 13.3 Å². The Labute approximate surface area is 94.6 Å². The molecule has 0 bridgehead atoms. The van der Waals surface area contributed by atoms with Gasteiger partial charge in [-0.25, -0.2) is 0 Å². The molecule has 4 nitrogen and oxygen atoms in total. The van der Waals surface area contributed by atoms with E-state index in [0.29, 0.717) is 6.01 Å². The van der Waals surface area contributed by atoms with Gasteiger partial charge >= 0.3 is 0 Å². The first-order valence-electron chi connectivity index (χ1n) is 5.57. The van der Waals surface area contributed by atoms with Crippen LogP contribution in [0.1, 0.15) is 13.3 Å². The van der Waals surface area contributed by atoms with Crippen LogP contribution < -0.4 is 5.32 Å². The van der Waals surface area contributed by atoms with Gasteiger partial charge in [-0.05, 0) is 25.5 Å². The first-order chi connectivity index (χ1) is 7.90. The molecule has 4 heteroatoms. The van der Waals surface area contributed by atoms with E-state index in [9.17, 15) is 0 Å². The summed E-state index contributed by atoms with van der Waals surface area (Å²) in [5.74, 6) is 0. The highest BCUT2D eigenvalue weighted by Gasteiger charge is 2.02. The number of hydrogen-bond donors (Lipinski definition) is 1. The van der Waals surface area contributed by atoms with Crippen molar-refractivity contribution in [3.63, 3.8) is 0 Å². The summed E-state index contributed by atoms with van der Waals surface area (Å²) in [7, 11) is 0. The molecule has 0 unspecified atom stereocenters. The Morgan fingerprint density at radius 3 is 3.06 bits per heavy atom. The molecular weight excluding hydrogens is 204 g/mol. The Morgan fingerprint density at radius 2 is 2.25 bits per heavy atom. The normalized spacial score (nSPS) is 10.8. The number of para-hydroxylation sites is 2. The van der Waals surface area contributed by atoms with E-state index in [1.807, 2.05) is 31.2 Å². The second-order valence-corrected chi connectivity index (χ2v) is 3.46. The van der Waals surface area contributed by atoms with Gasteiger partial charge in [-0.15, -0.1) is 0 Å². The number of ether oxygens (including phenoxy) is 1. The number of hydrogen-bond acceptors (Lipinski definition) is 4. The molecule has 16 heavy (non-hydrogen) atoms. The van der Waals surface area contributed by atoms with Crippen molar-refractivity contribution in [1.29, 1.82) is 0 Å². The topological polar surface area (TPSA) is 47.3 Å².